The maximum atomic E-state index is 12.5. The molecule has 0 aromatic heterocycles. The zero-order chi connectivity index (χ0) is 29.7. The number of carbonyl (C=O) groups is 3. The molecule has 0 bridgehead atoms. The number of allylic oxidation sites excluding steroid dienone is 3. The van der Waals surface area contributed by atoms with Gasteiger partial charge in [0, 0.05) is 12.8 Å². The third-order valence-corrected chi connectivity index (χ3v) is 6.95. The quantitative estimate of drug-likeness (QED) is 0.0507. The van der Waals surface area contributed by atoms with Crippen LogP contribution >= 0.6 is 0 Å². The van der Waals surface area contributed by atoms with Crippen molar-refractivity contribution in [1.29, 1.82) is 0 Å². The summed E-state index contributed by atoms with van der Waals surface area (Å²) in [4.78, 5) is 35.9. The number of hydrogen-bond donors (Lipinski definition) is 3. The van der Waals surface area contributed by atoms with Crippen molar-refractivity contribution in [3.63, 3.8) is 0 Å². The largest absolute Gasteiger partial charge is 0.480 e. The van der Waals surface area contributed by atoms with Gasteiger partial charge in [-0.2, -0.15) is 0 Å². The van der Waals surface area contributed by atoms with Gasteiger partial charge in [0.25, 0.3) is 0 Å². The highest BCUT2D eigenvalue weighted by molar-refractivity contribution is 5.83. The minimum Gasteiger partial charge on any atom is -0.480 e. The van der Waals surface area contributed by atoms with Crippen LogP contribution in [0.3, 0.4) is 0 Å². The number of nitrogens with one attached hydrogen (secondary N) is 1. The van der Waals surface area contributed by atoms with E-state index in [0.717, 1.165) is 57.8 Å². The normalized spacial score (nSPS) is 13.1. The molecule has 7 heteroatoms. The van der Waals surface area contributed by atoms with Crippen molar-refractivity contribution in [3.8, 4) is 0 Å². The molecule has 0 aromatic rings. The van der Waals surface area contributed by atoms with Gasteiger partial charge in [-0.1, -0.05) is 83.4 Å². The number of esters is 1. The second-order valence-electron chi connectivity index (χ2n) is 10.9. The summed E-state index contributed by atoms with van der Waals surface area (Å²) in [6.45, 7) is 4.79. The number of carboxylic acids is 1. The first-order chi connectivity index (χ1) is 19.4. The van der Waals surface area contributed by atoms with Crippen LogP contribution in [0.1, 0.15) is 149 Å². The molecule has 0 spiro atoms. The van der Waals surface area contributed by atoms with Gasteiger partial charge >= 0.3 is 11.9 Å². The molecule has 2 unspecified atom stereocenters. The Morgan fingerprint density at radius 1 is 0.725 bits per heavy atom. The van der Waals surface area contributed by atoms with Gasteiger partial charge < -0.3 is 20.9 Å². The molecule has 0 aromatic carbocycles. The van der Waals surface area contributed by atoms with Gasteiger partial charge in [0.15, 0.2) is 0 Å². The van der Waals surface area contributed by atoms with Crippen molar-refractivity contribution in [2.75, 3.05) is 6.54 Å². The van der Waals surface area contributed by atoms with Crippen LogP contribution in [-0.2, 0) is 19.1 Å². The van der Waals surface area contributed by atoms with Gasteiger partial charge in [-0.05, 0) is 83.2 Å². The van der Waals surface area contributed by atoms with Gasteiger partial charge in [-0.3, -0.25) is 9.59 Å². The fourth-order valence-electron chi connectivity index (χ4n) is 4.48. The first kappa shape index (κ1) is 37.9. The average Bonchev–Trinajstić information content (AvgIpc) is 2.93. The highest BCUT2D eigenvalue weighted by Gasteiger charge is 2.18. The minimum absolute atomic E-state index is 0.106. The zero-order valence-electron chi connectivity index (χ0n) is 25.7. The summed E-state index contributed by atoms with van der Waals surface area (Å²) < 4.78 is 5.82. The van der Waals surface area contributed by atoms with Crippen molar-refractivity contribution in [2.24, 2.45) is 5.73 Å². The van der Waals surface area contributed by atoms with E-state index in [4.69, 9.17) is 10.5 Å². The van der Waals surface area contributed by atoms with E-state index in [9.17, 15) is 19.5 Å². The predicted octanol–water partition coefficient (Wildman–Crippen LogP) is 7.77. The summed E-state index contributed by atoms with van der Waals surface area (Å²) in [5.74, 6) is -1.35. The third-order valence-electron chi connectivity index (χ3n) is 6.95. The summed E-state index contributed by atoms with van der Waals surface area (Å²) in [6.07, 6.45) is 28.1. The summed E-state index contributed by atoms with van der Waals surface area (Å²) in [5.41, 5.74) is 5.45. The standard InChI is InChI=1S/C33H60N2O5/c1-3-5-7-9-10-11-12-13-15-21-27-32(37)40-29(23-18-14-8-6-4-2)24-19-16-17-20-26-31(36)35-30(33(38)39)25-22-28-34/h7,9,18,23,29-30H,3-6,8,10-17,19-22,24-28,34H2,1-2H3,(H,35,36)(H,38,39)/b9-7-,23-18-. The maximum Gasteiger partial charge on any atom is 0.326 e. The lowest BCUT2D eigenvalue weighted by molar-refractivity contribution is -0.147. The molecular weight excluding hydrogens is 504 g/mol. The van der Waals surface area contributed by atoms with E-state index in [1.165, 1.54) is 44.9 Å². The first-order valence-corrected chi connectivity index (χ1v) is 16.2. The van der Waals surface area contributed by atoms with Gasteiger partial charge in [-0.15, -0.1) is 0 Å². The Kier molecular flexibility index (Phi) is 26.9. The highest BCUT2D eigenvalue weighted by Crippen LogP contribution is 2.15. The molecule has 0 saturated heterocycles. The molecule has 7 nitrogen and oxygen atoms in total. The average molecular weight is 565 g/mol. The lowest BCUT2D eigenvalue weighted by Crippen LogP contribution is -2.40. The van der Waals surface area contributed by atoms with Crippen LogP contribution in [0.25, 0.3) is 0 Å². The molecule has 40 heavy (non-hydrogen) atoms. The molecule has 4 N–H and O–H groups in total. The smallest absolute Gasteiger partial charge is 0.326 e. The highest BCUT2D eigenvalue weighted by atomic mass is 16.5. The second kappa shape index (κ2) is 28.4. The Morgan fingerprint density at radius 3 is 2.05 bits per heavy atom. The Labute approximate surface area is 244 Å². The number of rotatable bonds is 28. The van der Waals surface area contributed by atoms with Gasteiger partial charge in [0.05, 0.1) is 0 Å². The van der Waals surface area contributed by atoms with Crippen LogP contribution in [0, 0.1) is 0 Å². The Morgan fingerprint density at radius 2 is 1.35 bits per heavy atom. The van der Waals surface area contributed by atoms with Crippen molar-refractivity contribution < 1.29 is 24.2 Å². The second-order valence-corrected chi connectivity index (χ2v) is 10.9. The van der Waals surface area contributed by atoms with Crippen molar-refractivity contribution in [2.45, 2.75) is 161 Å². The summed E-state index contributed by atoms with van der Waals surface area (Å²) in [5, 5.41) is 11.8. The van der Waals surface area contributed by atoms with Gasteiger partial charge in [0.2, 0.25) is 5.91 Å². The van der Waals surface area contributed by atoms with Crippen molar-refractivity contribution in [3.05, 3.63) is 24.3 Å². The van der Waals surface area contributed by atoms with Crippen molar-refractivity contribution in [1.82, 2.24) is 5.32 Å². The molecule has 1 amide bonds. The molecule has 0 aliphatic carbocycles. The monoisotopic (exact) mass is 564 g/mol. The maximum absolute atomic E-state index is 12.5. The number of nitrogens with two attached hydrogens (primary N) is 1. The molecular formula is C33H60N2O5. The van der Waals surface area contributed by atoms with Crippen LogP contribution in [0.15, 0.2) is 24.3 Å². The van der Waals surface area contributed by atoms with E-state index >= 15 is 0 Å². The molecule has 0 fully saturated rings. The van der Waals surface area contributed by atoms with Crippen LogP contribution in [0.4, 0.5) is 0 Å². The predicted molar refractivity (Wildman–Crippen MR) is 165 cm³/mol. The number of carbonyl (C=O) groups excluding carboxylic acids is 2. The molecule has 0 heterocycles. The fraction of sp³-hybridized carbons (Fsp3) is 0.788. The van der Waals surface area contributed by atoms with E-state index in [-0.39, 0.29) is 18.0 Å². The van der Waals surface area contributed by atoms with E-state index in [1.54, 1.807) is 0 Å². The Bertz CT molecular complexity index is 692. The SMILES string of the molecule is CCC/C=C\CCCCCCCC(=O)OC(/C=C\CCCCC)CCCCCCC(=O)NC(CCCN)C(=O)O. The number of carboxylic acid groups (broad SMARTS) is 1. The number of ether oxygens (including phenoxy) is 1. The molecule has 0 aliphatic heterocycles. The lowest BCUT2D eigenvalue weighted by atomic mass is 10.1. The van der Waals surface area contributed by atoms with Gasteiger partial charge in [-0.25, -0.2) is 4.79 Å². The van der Waals surface area contributed by atoms with Crippen LogP contribution in [-0.4, -0.2) is 41.6 Å². The molecule has 232 valence electrons. The van der Waals surface area contributed by atoms with Crippen LogP contribution in [0.2, 0.25) is 0 Å². The molecule has 2 atom stereocenters. The van der Waals surface area contributed by atoms with Gasteiger partial charge in [0.1, 0.15) is 12.1 Å². The summed E-state index contributed by atoms with van der Waals surface area (Å²) in [6, 6.07) is -0.867. The third kappa shape index (κ3) is 24.9. The summed E-state index contributed by atoms with van der Waals surface area (Å²) >= 11 is 0. The molecule has 0 saturated carbocycles. The topological polar surface area (TPSA) is 119 Å². The van der Waals surface area contributed by atoms with Crippen LogP contribution in [0.5, 0.6) is 0 Å². The summed E-state index contributed by atoms with van der Waals surface area (Å²) in [7, 11) is 0. The first-order valence-electron chi connectivity index (χ1n) is 16.2. The van der Waals surface area contributed by atoms with Crippen LogP contribution < -0.4 is 11.1 Å². The molecule has 0 radical (unpaired) electrons. The number of aliphatic carboxylic acids is 1. The number of amides is 1. The van der Waals surface area contributed by atoms with E-state index in [1.807, 2.05) is 0 Å². The fourth-order valence-corrected chi connectivity index (χ4v) is 4.48. The van der Waals surface area contributed by atoms with E-state index in [0.29, 0.717) is 38.6 Å². The molecule has 0 aliphatic rings. The molecule has 0 rings (SSSR count). The number of unbranched alkanes of at least 4 members (excludes halogenated alkanes) is 12. The minimum atomic E-state index is -1.02. The lowest BCUT2D eigenvalue weighted by Gasteiger charge is -2.15. The van der Waals surface area contributed by atoms with E-state index in [2.05, 4.69) is 43.5 Å². The Hall–Kier alpha value is -2.15. The number of hydrogen-bond acceptors (Lipinski definition) is 5. The van der Waals surface area contributed by atoms with Crippen molar-refractivity contribution >= 4 is 17.8 Å². The van der Waals surface area contributed by atoms with E-state index < -0.39 is 12.0 Å². The Balaban J connectivity index is 4.27. The zero-order valence-corrected chi connectivity index (χ0v) is 25.7.